The number of aryl methyl sites for hydroxylation is 2. The molecular weight excluding hydrogens is 581 g/mol. The van der Waals surface area contributed by atoms with Crippen molar-refractivity contribution >= 4 is 44.6 Å². The summed E-state index contributed by atoms with van der Waals surface area (Å²) in [5.41, 5.74) is 7.68. The summed E-state index contributed by atoms with van der Waals surface area (Å²) in [6.07, 6.45) is 2.19. The highest BCUT2D eigenvalue weighted by Gasteiger charge is 2.30. The topological polar surface area (TPSA) is 42.5 Å². The molecule has 0 fully saturated rings. The van der Waals surface area contributed by atoms with Crippen LogP contribution in [0.25, 0.3) is 0 Å². The first-order valence-electron chi connectivity index (χ1n) is 15.6. The maximum Gasteiger partial charge on any atom is 0.173 e. The van der Waals surface area contributed by atoms with Gasteiger partial charge in [0.15, 0.2) is 33.3 Å². The molecule has 0 aliphatic rings. The molecule has 0 spiro atoms. The molecular formula is C34H56N2O2Si4. The third kappa shape index (κ3) is 13.6. The second-order valence-corrected chi connectivity index (χ2v) is 33.0. The van der Waals surface area contributed by atoms with E-state index in [1.165, 1.54) is 34.3 Å². The fourth-order valence-corrected chi connectivity index (χ4v) is 21.3. The van der Waals surface area contributed by atoms with E-state index in [1.807, 2.05) is 0 Å². The van der Waals surface area contributed by atoms with Crippen LogP contribution in [0.4, 0.5) is 11.4 Å². The molecule has 8 heteroatoms. The number of nitrogens with one attached hydrogen (secondary N) is 2. The van der Waals surface area contributed by atoms with Gasteiger partial charge in [0.05, 0.1) is 0 Å². The number of anilines is 2. The van der Waals surface area contributed by atoms with Crippen LogP contribution in [0.1, 0.15) is 22.3 Å². The van der Waals surface area contributed by atoms with Crippen LogP contribution in [0.2, 0.25) is 77.6 Å². The lowest BCUT2D eigenvalue weighted by Crippen LogP contribution is -2.42. The molecule has 230 valence electrons. The van der Waals surface area contributed by atoms with Crippen LogP contribution in [0.5, 0.6) is 0 Å². The van der Waals surface area contributed by atoms with Gasteiger partial charge in [-0.25, -0.2) is 0 Å². The van der Waals surface area contributed by atoms with Gasteiger partial charge >= 0.3 is 0 Å². The molecule has 0 aromatic heterocycles. The zero-order valence-corrected chi connectivity index (χ0v) is 32.0. The van der Waals surface area contributed by atoms with Crippen LogP contribution < -0.4 is 10.6 Å². The van der Waals surface area contributed by atoms with Crippen LogP contribution in [-0.4, -0.2) is 33.3 Å². The molecule has 3 rings (SSSR count). The highest BCUT2D eigenvalue weighted by molar-refractivity contribution is 6.84. The first-order valence-corrected chi connectivity index (χ1v) is 28.7. The first kappa shape index (κ1) is 34.5. The molecule has 3 aromatic carbocycles. The van der Waals surface area contributed by atoms with Crippen LogP contribution >= 0.6 is 0 Å². The van der Waals surface area contributed by atoms with Crippen molar-refractivity contribution in [3.05, 3.63) is 95.1 Å². The Morgan fingerprint density at radius 2 is 0.714 bits per heavy atom. The number of hydrogen-bond acceptors (Lipinski definition) is 4. The van der Waals surface area contributed by atoms with Crippen LogP contribution in [0.15, 0.2) is 72.8 Å². The predicted molar refractivity (Wildman–Crippen MR) is 195 cm³/mol. The SMILES string of the molecule is C[Si](C)(C)O[Si](C)(C)CCc1ccc(NCc2ccc(CNc3ccc(CC[Si](C)(C)O[Si](C)(C)C)cc3)cc2)cc1. The van der Waals surface area contributed by atoms with E-state index in [0.29, 0.717) is 0 Å². The Balaban J connectivity index is 1.40. The van der Waals surface area contributed by atoms with Gasteiger partial charge in [-0.1, -0.05) is 48.5 Å². The second-order valence-electron chi connectivity index (χ2n) is 14.9. The summed E-state index contributed by atoms with van der Waals surface area (Å²) in [5.74, 6) is 0. The zero-order chi connectivity index (χ0) is 31.0. The average molecular weight is 637 g/mol. The molecule has 42 heavy (non-hydrogen) atoms. The van der Waals surface area contributed by atoms with E-state index in [-0.39, 0.29) is 0 Å². The van der Waals surface area contributed by atoms with Crippen LogP contribution in [-0.2, 0) is 34.2 Å². The van der Waals surface area contributed by atoms with Crippen LogP contribution in [0.3, 0.4) is 0 Å². The molecule has 0 heterocycles. The third-order valence-corrected chi connectivity index (χ3v) is 19.3. The largest absolute Gasteiger partial charge is 0.456 e. The normalized spacial score (nSPS) is 12.8. The number of rotatable bonds is 16. The van der Waals surface area contributed by atoms with Crippen molar-refractivity contribution < 1.29 is 8.23 Å². The number of benzene rings is 3. The van der Waals surface area contributed by atoms with E-state index in [1.54, 1.807) is 0 Å². The standard InChI is InChI=1S/C34H56N2O2Si4/c1-39(2,3)37-41(7,8)25-23-29-15-19-33(20-16-29)35-27-31-11-13-32(14-12-31)28-36-34-21-17-30(18-22-34)24-26-42(9,10)38-40(4,5)6/h11-22,35-36H,23-28H2,1-10H3. The molecule has 2 N–H and O–H groups in total. The highest BCUT2D eigenvalue weighted by Crippen LogP contribution is 2.23. The molecule has 0 atom stereocenters. The van der Waals surface area contributed by atoms with Crippen molar-refractivity contribution in [3.8, 4) is 0 Å². The molecule has 4 nitrogen and oxygen atoms in total. The maximum absolute atomic E-state index is 6.50. The first-order chi connectivity index (χ1) is 19.5. The minimum atomic E-state index is -1.60. The van der Waals surface area contributed by atoms with Gasteiger partial charge in [0.1, 0.15) is 0 Å². The summed E-state index contributed by atoms with van der Waals surface area (Å²) in [6.45, 7) is 24.8. The molecule has 0 aliphatic carbocycles. The minimum Gasteiger partial charge on any atom is -0.456 e. The molecule has 0 unspecified atom stereocenters. The monoisotopic (exact) mass is 636 g/mol. The van der Waals surface area contributed by atoms with Gasteiger partial charge in [-0.05, 0) is 137 Å². The van der Waals surface area contributed by atoms with Gasteiger partial charge in [-0.2, -0.15) is 0 Å². The summed E-state index contributed by atoms with van der Waals surface area (Å²) >= 11 is 0. The van der Waals surface area contributed by atoms with Crippen molar-refractivity contribution in [2.45, 2.75) is 103 Å². The van der Waals surface area contributed by atoms with Gasteiger partial charge in [0, 0.05) is 24.5 Å². The van der Waals surface area contributed by atoms with E-state index in [0.717, 1.165) is 37.3 Å². The smallest absolute Gasteiger partial charge is 0.173 e. The molecule has 0 saturated heterocycles. The van der Waals surface area contributed by atoms with Crippen molar-refractivity contribution in [2.75, 3.05) is 10.6 Å². The predicted octanol–water partition coefficient (Wildman–Crippen LogP) is 10.1. The van der Waals surface area contributed by atoms with Gasteiger partial charge in [0.25, 0.3) is 0 Å². The molecule has 0 bridgehead atoms. The van der Waals surface area contributed by atoms with Gasteiger partial charge in [-0.3, -0.25) is 0 Å². The molecule has 0 radical (unpaired) electrons. The minimum absolute atomic E-state index is 0.821. The zero-order valence-electron chi connectivity index (χ0n) is 28.0. The van der Waals surface area contributed by atoms with Crippen LogP contribution in [0, 0.1) is 0 Å². The highest BCUT2D eigenvalue weighted by atomic mass is 28.4. The van der Waals surface area contributed by atoms with Crippen molar-refractivity contribution in [1.29, 1.82) is 0 Å². The van der Waals surface area contributed by atoms with Crippen molar-refractivity contribution in [1.82, 2.24) is 0 Å². The molecule has 0 amide bonds. The quantitative estimate of drug-likeness (QED) is 0.154. The van der Waals surface area contributed by atoms with Crippen molar-refractivity contribution in [3.63, 3.8) is 0 Å². The summed E-state index contributed by atoms with van der Waals surface area (Å²) in [7, 11) is -6.16. The Hall–Kier alpha value is -1.95. The van der Waals surface area contributed by atoms with Crippen molar-refractivity contribution in [2.24, 2.45) is 0 Å². The van der Waals surface area contributed by atoms with E-state index < -0.39 is 33.3 Å². The van der Waals surface area contributed by atoms with Gasteiger partial charge in [0.2, 0.25) is 0 Å². The van der Waals surface area contributed by atoms with Gasteiger partial charge < -0.3 is 18.9 Å². The second kappa shape index (κ2) is 14.7. The molecule has 3 aromatic rings. The Morgan fingerprint density at radius 3 is 1.00 bits per heavy atom. The maximum atomic E-state index is 6.50. The lowest BCUT2D eigenvalue weighted by molar-refractivity contribution is 0.546. The lowest BCUT2D eigenvalue weighted by atomic mass is 10.1. The Labute approximate surface area is 261 Å². The third-order valence-electron chi connectivity index (χ3n) is 7.12. The summed E-state index contributed by atoms with van der Waals surface area (Å²) < 4.78 is 13.0. The fourth-order valence-electron chi connectivity index (χ4n) is 5.41. The van der Waals surface area contributed by atoms with E-state index in [2.05, 4.69) is 149 Å². The summed E-state index contributed by atoms with van der Waals surface area (Å²) in [4.78, 5) is 0. The molecule has 0 saturated carbocycles. The summed E-state index contributed by atoms with van der Waals surface area (Å²) in [5, 5.41) is 7.15. The average Bonchev–Trinajstić information content (AvgIpc) is 2.87. The Kier molecular flexibility index (Phi) is 12.1. The van der Waals surface area contributed by atoms with Gasteiger partial charge in [-0.15, -0.1) is 0 Å². The lowest BCUT2D eigenvalue weighted by Gasteiger charge is -2.31. The molecule has 0 aliphatic heterocycles. The van der Waals surface area contributed by atoms with E-state index >= 15 is 0 Å². The fraction of sp³-hybridized carbons (Fsp3) is 0.471. The van der Waals surface area contributed by atoms with E-state index in [4.69, 9.17) is 8.23 Å². The Morgan fingerprint density at radius 1 is 0.429 bits per heavy atom. The number of hydrogen-bond donors (Lipinski definition) is 2. The Bertz CT molecular complexity index is 1130. The summed E-state index contributed by atoms with van der Waals surface area (Å²) in [6, 6.07) is 29.1. The van der Waals surface area contributed by atoms with E-state index in [9.17, 15) is 0 Å².